The summed E-state index contributed by atoms with van der Waals surface area (Å²) in [5.74, 6) is -2.95. The second-order valence-electron chi connectivity index (χ2n) is 6.03. The van der Waals surface area contributed by atoms with Crippen LogP contribution in [0.5, 0.6) is 0 Å². The molecule has 0 radical (unpaired) electrons. The van der Waals surface area contributed by atoms with Crippen molar-refractivity contribution >= 4 is 11.9 Å². The largest absolute Gasteiger partial charge is 0.490 e. The van der Waals surface area contributed by atoms with E-state index in [0.717, 1.165) is 25.7 Å². The van der Waals surface area contributed by atoms with Crippen molar-refractivity contribution in [3.05, 3.63) is 24.3 Å². The fourth-order valence-electron chi connectivity index (χ4n) is 3.07. The summed E-state index contributed by atoms with van der Waals surface area (Å²) in [4.78, 5) is 28.7. The summed E-state index contributed by atoms with van der Waals surface area (Å²) in [5.41, 5.74) is -0.428. The molecule has 3 N–H and O–H groups in total. The van der Waals surface area contributed by atoms with Crippen molar-refractivity contribution in [1.29, 1.82) is 0 Å². The molecule has 3 rings (SSSR count). The predicted octanol–water partition coefficient (Wildman–Crippen LogP) is 1.29. The Balaban J connectivity index is 0.000000256. The van der Waals surface area contributed by atoms with Crippen molar-refractivity contribution < 1.29 is 33.0 Å². The molecule has 2 aliphatic carbocycles. The second-order valence-corrected chi connectivity index (χ2v) is 6.03. The lowest BCUT2D eigenvalue weighted by Gasteiger charge is -2.27. The molecule has 0 aliphatic heterocycles. The van der Waals surface area contributed by atoms with Gasteiger partial charge in [0.1, 0.15) is 5.69 Å². The van der Waals surface area contributed by atoms with Crippen LogP contribution in [0.15, 0.2) is 18.6 Å². The zero-order chi connectivity index (χ0) is 18.0. The summed E-state index contributed by atoms with van der Waals surface area (Å²) in [6.07, 6.45) is 3.38. The number of halogens is 3. The molecule has 0 aromatic carbocycles. The first-order valence-corrected chi connectivity index (χ1v) is 7.16. The first-order valence-electron chi connectivity index (χ1n) is 7.16. The summed E-state index contributed by atoms with van der Waals surface area (Å²) in [7, 11) is 0. The Bertz CT molecular complexity index is 613. The Labute approximate surface area is 134 Å². The number of carboxylic acid groups (broad SMARTS) is 1. The minimum absolute atomic E-state index is 0.191. The average Bonchev–Trinajstić information content (AvgIpc) is 3.01. The molecule has 0 unspecified atom stereocenters. The highest BCUT2D eigenvalue weighted by Crippen LogP contribution is 2.50. The molecule has 1 aromatic heterocycles. The third-order valence-electron chi connectivity index (χ3n) is 4.22. The topological polar surface area (TPSA) is 112 Å². The summed E-state index contributed by atoms with van der Waals surface area (Å²) >= 11 is 0. The van der Waals surface area contributed by atoms with E-state index in [9.17, 15) is 23.1 Å². The standard InChI is InChI=1S/C12H15N3O2.C2HF3O2/c16-10(9-7-13-5-6-14-9)15-11-1-3-12(17,8-11)4-2-11;3-2(4,5)1(6)7/h5-7,17H,1-4,8H2,(H,15,16);(H,6,7). The monoisotopic (exact) mass is 347 g/mol. The highest BCUT2D eigenvalue weighted by Gasteiger charge is 2.54. The first kappa shape index (κ1) is 18.1. The SMILES string of the molecule is O=C(NC12CCC(O)(CC1)C2)c1cnccn1.O=C(O)C(F)(F)F. The normalized spacial score (nSPS) is 28.0. The van der Waals surface area contributed by atoms with E-state index in [2.05, 4.69) is 15.3 Å². The summed E-state index contributed by atoms with van der Waals surface area (Å²) in [6.45, 7) is 0. The highest BCUT2D eigenvalue weighted by molar-refractivity contribution is 5.92. The van der Waals surface area contributed by atoms with Gasteiger partial charge in [0.2, 0.25) is 0 Å². The number of nitrogens with one attached hydrogen (secondary N) is 1. The van der Waals surface area contributed by atoms with Crippen LogP contribution in [-0.2, 0) is 4.79 Å². The number of rotatable bonds is 2. The van der Waals surface area contributed by atoms with Crippen LogP contribution < -0.4 is 5.32 Å². The highest BCUT2D eigenvalue weighted by atomic mass is 19.4. The van der Waals surface area contributed by atoms with Crippen molar-refractivity contribution in [2.24, 2.45) is 0 Å². The van der Waals surface area contributed by atoms with Gasteiger partial charge in [0.15, 0.2) is 0 Å². The van der Waals surface area contributed by atoms with E-state index >= 15 is 0 Å². The van der Waals surface area contributed by atoms with Crippen molar-refractivity contribution in [1.82, 2.24) is 15.3 Å². The molecular weight excluding hydrogens is 331 g/mol. The van der Waals surface area contributed by atoms with Gasteiger partial charge >= 0.3 is 12.1 Å². The number of carbonyl (C=O) groups is 2. The lowest BCUT2D eigenvalue weighted by atomic mass is 9.92. The van der Waals surface area contributed by atoms with Crippen LogP contribution >= 0.6 is 0 Å². The van der Waals surface area contributed by atoms with Gasteiger partial charge in [-0.05, 0) is 32.1 Å². The molecule has 2 bridgehead atoms. The number of hydrogen-bond donors (Lipinski definition) is 3. The van der Waals surface area contributed by atoms with E-state index in [1.54, 1.807) is 6.20 Å². The van der Waals surface area contributed by atoms with Gasteiger partial charge in [-0.1, -0.05) is 0 Å². The predicted molar refractivity (Wildman–Crippen MR) is 74.0 cm³/mol. The van der Waals surface area contributed by atoms with E-state index in [0.29, 0.717) is 12.1 Å². The number of carbonyl (C=O) groups excluding carboxylic acids is 1. The van der Waals surface area contributed by atoms with Gasteiger partial charge in [0.05, 0.1) is 11.8 Å². The summed E-state index contributed by atoms with van der Waals surface area (Å²) in [6, 6.07) is 0. The number of aliphatic hydroxyl groups is 1. The smallest absolute Gasteiger partial charge is 0.475 e. The molecule has 0 atom stereocenters. The number of hydrogen-bond acceptors (Lipinski definition) is 5. The van der Waals surface area contributed by atoms with Gasteiger partial charge in [-0.3, -0.25) is 9.78 Å². The van der Waals surface area contributed by atoms with Crippen molar-refractivity contribution in [2.75, 3.05) is 0 Å². The van der Waals surface area contributed by atoms with Crippen LogP contribution in [-0.4, -0.2) is 49.4 Å². The Kier molecular flexibility index (Phi) is 4.79. The molecule has 132 valence electrons. The maximum atomic E-state index is 12.0. The second kappa shape index (κ2) is 6.34. The molecule has 10 heteroatoms. The minimum atomic E-state index is -5.08. The van der Waals surface area contributed by atoms with Crippen molar-refractivity contribution in [3.8, 4) is 0 Å². The third kappa shape index (κ3) is 4.19. The Morgan fingerprint density at radius 1 is 1.17 bits per heavy atom. The van der Waals surface area contributed by atoms with Gasteiger partial charge < -0.3 is 15.5 Å². The first-order chi connectivity index (χ1) is 11.1. The quantitative estimate of drug-likeness (QED) is 0.743. The van der Waals surface area contributed by atoms with Gasteiger partial charge in [-0.15, -0.1) is 0 Å². The number of carboxylic acids is 1. The maximum absolute atomic E-state index is 12.0. The van der Waals surface area contributed by atoms with Crippen LogP contribution in [0.3, 0.4) is 0 Å². The van der Waals surface area contributed by atoms with Crippen LogP contribution in [0.4, 0.5) is 13.2 Å². The number of aromatic nitrogens is 2. The Hall–Kier alpha value is -2.23. The van der Waals surface area contributed by atoms with Gasteiger partial charge in [0, 0.05) is 17.9 Å². The molecule has 24 heavy (non-hydrogen) atoms. The van der Waals surface area contributed by atoms with E-state index in [1.165, 1.54) is 12.4 Å². The van der Waals surface area contributed by atoms with Gasteiger partial charge in [-0.25, -0.2) is 9.78 Å². The third-order valence-corrected chi connectivity index (χ3v) is 4.22. The van der Waals surface area contributed by atoms with E-state index in [-0.39, 0.29) is 11.4 Å². The van der Waals surface area contributed by atoms with E-state index in [4.69, 9.17) is 9.90 Å². The van der Waals surface area contributed by atoms with Gasteiger partial charge in [0.25, 0.3) is 5.91 Å². The van der Waals surface area contributed by atoms with Crippen LogP contribution in [0.2, 0.25) is 0 Å². The molecule has 2 fully saturated rings. The van der Waals surface area contributed by atoms with Crippen LogP contribution in [0.25, 0.3) is 0 Å². The Morgan fingerprint density at radius 2 is 1.75 bits per heavy atom. The molecule has 1 amide bonds. The molecule has 2 aliphatic rings. The van der Waals surface area contributed by atoms with Crippen molar-refractivity contribution in [2.45, 2.75) is 49.4 Å². The summed E-state index contributed by atoms with van der Waals surface area (Å²) < 4.78 is 31.7. The van der Waals surface area contributed by atoms with Crippen molar-refractivity contribution in [3.63, 3.8) is 0 Å². The fourth-order valence-corrected chi connectivity index (χ4v) is 3.07. The van der Waals surface area contributed by atoms with Crippen LogP contribution in [0.1, 0.15) is 42.6 Å². The Morgan fingerprint density at radius 3 is 2.12 bits per heavy atom. The lowest BCUT2D eigenvalue weighted by Crippen LogP contribution is -2.45. The lowest BCUT2D eigenvalue weighted by molar-refractivity contribution is -0.192. The van der Waals surface area contributed by atoms with E-state index < -0.39 is 17.7 Å². The molecule has 0 spiro atoms. The molecular formula is C14H16F3N3O4. The number of fused-ring (bicyclic) bond motifs is 2. The molecule has 1 aromatic rings. The number of amides is 1. The fraction of sp³-hybridized carbons (Fsp3) is 0.571. The molecule has 2 saturated carbocycles. The maximum Gasteiger partial charge on any atom is 0.490 e. The molecule has 1 heterocycles. The number of nitrogens with zero attached hydrogens (tertiary/aromatic N) is 2. The minimum Gasteiger partial charge on any atom is -0.475 e. The molecule has 0 saturated heterocycles. The summed E-state index contributed by atoms with van der Waals surface area (Å²) in [5, 5.41) is 20.3. The zero-order valence-corrected chi connectivity index (χ0v) is 12.5. The van der Waals surface area contributed by atoms with Gasteiger partial charge in [-0.2, -0.15) is 13.2 Å². The van der Waals surface area contributed by atoms with Crippen LogP contribution in [0, 0.1) is 0 Å². The van der Waals surface area contributed by atoms with E-state index in [1.807, 2.05) is 0 Å². The number of aliphatic carboxylic acids is 1. The number of alkyl halides is 3. The molecule has 7 nitrogen and oxygen atoms in total. The average molecular weight is 347 g/mol. The zero-order valence-electron chi connectivity index (χ0n) is 12.5.